The van der Waals surface area contributed by atoms with Gasteiger partial charge in [0, 0.05) is 38.7 Å². The quantitative estimate of drug-likeness (QED) is 0.189. The summed E-state index contributed by atoms with van der Waals surface area (Å²) in [5.74, 6) is 3.08. The molecule has 1 aliphatic rings. The van der Waals surface area contributed by atoms with Crippen LogP contribution in [-0.2, 0) is 0 Å². The van der Waals surface area contributed by atoms with Gasteiger partial charge in [0.05, 0.1) is 11.0 Å². The minimum atomic E-state index is 0.760. The second-order valence-electron chi connectivity index (χ2n) is 12.9. The van der Waals surface area contributed by atoms with Crippen molar-refractivity contribution in [1.29, 1.82) is 0 Å². The summed E-state index contributed by atoms with van der Waals surface area (Å²) in [5, 5.41) is 2.46. The van der Waals surface area contributed by atoms with E-state index in [9.17, 15) is 0 Å². The lowest BCUT2D eigenvalue weighted by Crippen LogP contribution is -1.99. The fourth-order valence-corrected chi connectivity index (χ4v) is 7.54. The van der Waals surface area contributed by atoms with Crippen LogP contribution in [0, 0.1) is 0 Å². The second kappa shape index (κ2) is 11.9. The Balaban J connectivity index is 1.22. The highest BCUT2D eigenvalue weighted by atomic mass is 16.5. The Hall–Kier alpha value is -6.84. The number of ether oxygens (including phenoxy) is 2. The maximum atomic E-state index is 7.05. The lowest BCUT2D eigenvalue weighted by Gasteiger charge is -2.23. The Morgan fingerprint density at radius 2 is 0.882 bits per heavy atom. The second-order valence-corrected chi connectivity index (χ2v) is 12.9. The van der Waals surface area contributed by atoms with Gasteiger partial charge in [-0.05, 0) is 76.9 Å². The molecule has 9 aromatic rings. The number of fused-ring (bicyclic) bond motifs is 9. The molecular formula is C48H31NO2. The summed E-state index contributed by atoms with van der Waals surface area (Å²) in [5.41, 5.74) is 11.7. The first kappa shape index (κ1) is 29.1. The van der Waals surface area contributed by atoms with Crippen LogP contribution in [0.4, 0.5) is 0 Å². The van der Waals surface area contributed by atoms with Gasteiger partial charge in [-0.2, -0.15) is 0 Å². The van der Waals surface area contributed by atoms with Crippen LogP contribution in [0.15, 0.2) is 188 Å². The fraction of sp³-hybridized carbons (Fsp3) is 0. The summed E-state index contributed by atoms with van der Waals surface area (Å²) in [4.78, 5) is 0. The van der Waals surface area contributed by atoms with E-state index in [0.29, 0.717) is 0 Å². The lowest BCUT2D eigenvalue weighted by molar-refractivity contribution is 0.472. The zero-order valence-corrected chi connectivity index (χ0v) is 27.7. The topological polar surface area (TPSA) is 23.4 Å². The van der Waals surface area contributed by atoms with Gasteiger partial charge in [0.25, 0.3) is 0 Å². The summed E-state index contributed by atoms with van der Waals surface area (Å²) in [7, 11) is 0. The third kappa shape index (κ3) is 4.90. The molecule has 8 aromatic carbocycles. The molecule has 0 fully saturated rings. The van der Waals surface area contributed by atoms with Gasteiger partial charge in [-0.3, -0.25) is 0 Å². The number of benzene rings is 8. The first-order chi connectivity index (χ1) is 25.3. The molecular weight excluding hydrogens is 623 g/mol. The molecule has 1 aromatic heterocycles. The molecule has 1 aliphatic heterocycles. The van der Waals surface area contributed by atoms with E-state index in [1.807, 2.05) is 42.5 Å². The average molecular weight is 654 g/mol. The zero-order valence-electron chi connectivity index (χ0n) is 27.7. The summed E-state index contributed by atoms with van der Waals surface area (Å²) >= 11 is 0. The van der Waals surface area contributed by atoms with Crippen molar-refractivity contribution in [3.05, 3.63) is 188 Å². The summed E-state index contributed by atoms with van der Waals surface area (Å²) in [6.45, 7) is 0. The molecule has 0 radical (unpaired) electrons. The molecule has 0 amide bonds. The van der Waals surface area contributed by atoms with Crippen LogP contribution in [0.1, 0.15) is 0 Å². The third-order valence-corrected chi connectivity index (χ3v) is 9.89. The van der Waals surface area contributed by atoms with Crippen LogP contribution >= 0.6 is 0 Å². The zero-order chi connectivity index (χ0) is 33.7. The molecule has 3 nitrogen and oxygen atoms in total. The molecule has 0 saturated heterocycles. The van der Waals surface area contributed by atoms with E-state index in [0.717, 1.165) is 78.7 Å². The van der Waals surface area contributed by atoms with Crippen molar-refractivity contribution in [2.45, 2.75) is 0 Å². The van der Waals surface area contributed by atoms with E-state index in [1.54, 1.807) is 0 Å². The van der Waals surface area contributed by atoms with Gasteiger partial charge < -0.3 is 14.0 Å². The van der Waals surface area contributed by atoms with Crippen LogP contribution in [0.5, 0.6) is 23.0 Å². The van der Waals surface area contributed by atoms with E-state index >= 15 is 0 Å². The molecule has 51 heavy (non-hydrogen) atoms. The minimum Gasteiger partial charge on any atom is -0.456 e. The molecule has 3 heteroatoms. The molecule has 0 atom stereocenters. The van der Waals surface area contributed by atoms with Gasteiger partial charge in [-0.25, -0.2) is 0 Å². The van der Waals surface area contributed by atoms with Crippen LogP contribution < -0.4 is 9.47 Å². The van der Waals surface area contributed by atoms with Gasteiger partial charge in [0.15, 0.2) is 0 Å². The molecule has 0 aliphatic carbocycles. The molecule has 0 bridgehead atoms. The monoisotopic (exact) mass is 653 g/mol. The Morgan fingerprint density at radius 1 is 0.314 bits per heavy atom. The highest BCUT2D eigenvalue weighted by Crippen LogP contribution is 2.50. The molecule has 240 valence electrons. The number of nitrogens with zero attached hydrogens (tertiary/aromatic N) is 1. The average Bonchev–Trinajstić information content (AvgIpc) is 3.53. The molecule has 0 saturated carbocycles. The molecule has 0 spiro atoms. The van der Waals surface area contributed by atoms with Crippen molar-refractivity contribution < 1.29 is 9.47 Å². The Kier molecular flexibility index (Phi) is 6.81. The number of rotatable bonds is 3. The highest BCUT2D eigenvalue weighted by Gasteiger charge is 2.23. The highest BCUT2D eigenvalue weighted by molar-refractivity contribution is 6.10. The van der Waals surface area contributed by atoms with Gasteiger partial charge in [-0.15, -0.1) is 0 Å². The minimum absolute atomic E-state index is 0.760. The summed E-state index contributed by atoms with van der Waals surface area (Å²) in [6.07, 6.45) is 0. The van der Waals surface area contributed by atoms with Crippen molar-refractivity contribution in [2.24, 2.45) is 0 Å². The van der Waals surface area contributed by atoms with Gasteiger partial charge in [0.2, 0.25) is 0 Å². The summed E-state index contributed by atoms with van der Waals surface area (Å²) in [6, 6.07) is 65.8. The van der Waals surface area contributed by atoms with Gasteiger partial charge >= 0.3 is 0 Å². The number of hydrogen-bond acceptors (Lipinski definition) is 2. The van der Waals surface area contributed by atoms with Crippen molar-refractivity contribution in [3.63, 3.8) is 0 Å². The first-order valence-corrected chi connectivity index (χ1v) is 17.3. The predicted octanol–water partition coefficient (Wildman–Crippen LogP) is 13.3. The molecule has 10 rings (SSSR count). The molecule has 0 unspecified atom stereocenters. The largest absolute Gasteiger partial charge is 0.456 e. The Labute approximate surface area is 296 Å². The van der Waals surface area contributed by atoms with Gasteiger partial charge in [-0.1, -0.05) is 133 Å². The molecule has 2 heterocycles. The Bertz CT molecular complexity index is 2740. The smallest absolute Gasteiger partial charge is 0.136 e. The van der Waals surface area contributed by atoms with E-state index in [2.05, 4.69) is 150 Å². The van der Waals surface area contributed by atoms with Crippen LogP contribution in [-0.4, -0.2) is 4.57 Å². The van der Waals surface area contributed by atoms with Crippen molar-refractivity contribution in [2.75, 3.05) is 0 Å². The van der Waals surface area contributed by atoms with E-state index in [1.165, 1.54) is 16.3 Å². The predicted molar refractivity (Wildman–Crippen MR) is 209 cm³/mol. The van der Waals surface area contributed by atoms with Crippen molar-refractivity contribution in [3.8, 4) is 73.2 Å². The van der Waals surface area contributed by atoms with Crippen LogP contribution in [0.25, 0.3) is 72.0 Å². The number of para-hydroxylation sites is 4. The first-order valence-electron chi connectivity index (χ1n) is 17.3. The van der Waals surface area contributed by atoms with Crippen LogP contribution in [0.3, 0.4) is 0 Å². The standard InChI is InChI=1S/C48H31NO2/c1-3-14-32(15-4-1)36-21-13-25-46-48(36)41-29-27-34(31-47(41)51-45-24-12-9-20-40(45)39-19-8-11-23-44(39)50-46)33-26-28-38-37-18-7-10-22-42(37)49(43(38)30-33)35-16-5-2-6-17-35/h1-31H. The maximum absolute atomic E-state index is 7.05. The van der Waals surface area contributed by atoms with E-state index < -0.39 is 0 Å². The summed E-state index contributed by atoms with van der Waals surface area (Å²) < 4.78 is 16.3. The van der Waals surface area contributed by atoms with Gasteiger partial charge in [0.1, 0.15) is 23.0 Å². The van der Waals surface area contributed by atoms with Crippen molar-refractivity contribution in [1.82, 2.24) is 4.57 Å². The van der Waals surface area contributed by atoms with Crippen LogP contribution in [0.2, 0.25) is 0 Å². The third-order valence-electron chi connectivity index (χ3n) is 9.89. The molecule has 0 N–H and O–H groups in total. The fourth-order valence-electron chi connectivity index (χ4n) is 7.54. The normalized spacial score (nSPS) is 11.8. The maximum Gasteiger partial charge on any atom is 0.136 e. The van der Waals surface area contributed by atoms with E-state index in [4.69, 9.17) is 9.47 Å². The number of aromatic nitrogens is 1. The number of hydrogen-bond donors (Lipinski definition) is 0. The lowest BCUT2D eigenvalue weighted by atomic mass is 9.91. The SMILES string of the molecule is c1ccc(-c2cccc3c2-c2ccc(-c4ccc5c6ccccc6n(-c6ccccc6)c5c4)cc2Oc2ccccc2-c2ccccc2O3)cc1. The van der Waals surface area contributed by atoms with Crippen molar-refractivity contribution >= 4 is 21.8 Å². The van der Waals surface area contributed by atoms with E-state index in [-0.39, 0.29) is 0 Å². The Morgan fingerprint density at radius 3 is 1.67 bits per heavy atom.